The van der Waals surface area contributed by atoms with Crippen LogP contribution in [-0.2, 0) is 4.79 Å². The predicted molar refractivity (Wildman–Crippen MR) is 64.1 cm³/mol. The standard InChI is InChI=1S/C12H24N2O2/c1-4-13-11(16)10-5-7-12(9-15,8-6-10)14(2)3/h10,15H,4-9H2,1-3H3,(H,13,16). The molecule has 1 rings (SSSR count). The van der Waals surface area contributed by atoms with Crippen molar-refractivity contribution < 1.29 is 9.90 Å². The second kappa shape index (κ2) is 5.64. The smallest absolute Gasteiger partial charge is 0.223 e. The molecule has 0 atom stereocenters. The van der Waals surface area contributed by atoms with E-state index < -0.39 is 0 Å². The van der Waals surface area contributed by atoms with Crippen LogP contribution in [0.25, 0.3) is 0 Å². The van der Waals surface area contributed by atoms with Gasteiger partial charge in [-0.25, -0.2) is 0 Å². The Bertz CT molecular complexity index is 233. The summed E-state index contributed by atoms with van der Waals surface area (Å²) in [6.45, 7) is 2.83. The van der Waals surface area contributed by atoms with E-state index in [1.807, 2.05) is 21.0 Å². The van der Waals surface area contributed by atoms with Crippen LogP contribution in [0.1, 0.15) is 32.6 Å². The van der Waals surface area contributed by atoms with Crippen molar-refractivity contribution in [2.75, 3.05) is 27.2 Å². The summed E-state index contributed by atoms with van der Waals surface area (Å²) in [5, 5.41) is 12.4. The quantitative estimate of drug-likeness (QED) is 0.741. The third-order valence-electron chi connectivity index (χ3n) is 3.88. The molecule has 1 aliphatic carbocycles. The summed E-state index contributed by atoms with van der Waals surface area (Å²) in [6.07, 6.45) is 3.56. The molecule has 1 aliphatic rings. The molecule has 0 aromatic heterocycles. The first-order valence-corrected chi connectivity index (χ1v) is 6.11. The van der Waals surface area contributed by atoms with Gasteiger partial charge in [-0.15, -0.1) is 0 Å². The van der Waals surface area contributed by atoms with E-state index in [-0.39, 0.29) is 24.0 Å². The lowest BCUT2D eigenvalue weighted by Gasteiger charge is -2.43. The zero-order valence-corrected chi connectivity index (χ0v) is 10.6. The number of nitrogens with one attached hydrogen (secondary N) is 1. The first kappa shape index (κ1) is 13.5. The number of nitrogens with zero attached hydrogens (tertiary/aromatic N) is 1. The van der Waals surface area contributed by atoms with Gasteiger partial charge in [0.05, 0.1) is 6.61 Å². The maximum atomic E-state index is 11.7. The number of likely N-dealkylation sites (N-methyl/N-ethyl adjacent to an activating group) is 1. The highest BCUT2D eigenvalue weighted by atomic mass is 16.3. The molecule has 16 heavy (non-hydrogen) atoms. The number of rotatable bonds is 4. The van der Waals surface area contributed by atoms with Crippen LogP contribution >= 0.6 is 0 Å². The highest BCUT2D eigenvalue weighted by molar-refractivity contribution is 5.78. The van der Waals surface area contributed by atoms with Crippen LogP contribution < -0.4 is 5.32 Å². The van der Waals surface area contributed by atoms with Crippen molar-refractivity contribution in [2.45, 2.75) is 38.1 Å². The van der Waals surface area contributed by atoms with Gasteiger partial charge in [-0.05, 0) is 46.7 Å². The highest BCUT2D eigenvalue weighted by Crippen LogP contribution is 2.35. The van der Waals surface area contributed by atoms with Gasteiger partial charge in [0.1, 0.15) is 0 Å². The molecular formula is C12H24N2O2. The molecule has 0 aromatic rings. The summed E-state index contributed by atoms with van der Waals surface area (Å²) in [5.41, 5.74) is -0.108. The number of carbonyl (C=O) groups excluding carboxylic acids is 1. The maximum absolute atomic E-state index is 11.7. The third kappa shape index (κ3) is 2.74. The first-order valence-electron chi connectivity index (χ1n) is 6.11. The van der Waals surface area contributed by atoms with E-state index in [4.69, 9.17) is 0 Å². The molecule has 0 unspecified atom stereocenters. The topological polar surface area (TPSA) is 52.6 Å². The van der Waals surface area contributed by atoms with Gasteiger partial charge in [-0.3, -0.25) is 4.79 Å². The summed E-state index contributed by atoms with van der Waals surface area (Å²) in [7, 11) is 4.01. The van der Waals surface area contributed by atoms with Gasteiger partial charge < -0.3 is 15.3 Å². The predicted octanol–water partition coefficient (Wildman–Crippen LogP) is 0.605. The van der Waals surface area contributed by atoms with Crippen molar-refractivity contribution >= 4 is 5.91 Å². The Labute approximate surface area is 98.0 Å². The van der Waals surface area contributed by atoms with E-state index in [1.165, 1.54) is 0 Å². The molecule has 0 saturated heterocycles. The molecule has 2 N–H and O–H groups in total. The molecule has 1 fully saturated rings. The van der Waals surface area contributed by atoms with Crippen molar-refractivity contribution in [3.05, 3.63) is 0 Å². The average molecular weight is 228 g/mol. The normalized spacial score (nSPS) is 30.4. The molecule has 0 spiro atoms. The van der Waals surface area contributed by atoms with Gasteiger partial charge >= 0.3 is 0 Å². The molecule has 94 valence electrons. The SMILES string of the molecule is CCNC(=O)C1CCC(CO)(N(C)C)CC1. The number of carbonyl (C=O) groups is 1. The Morgan fingerprint density at radius 2 is 2.00 bits per heavy atom. The van der Waals surface area contributed by atoms with Crippen LogP contribution in [0.15, 0.2) is 0 Å². The Morgan fingerprint density at radius 3 is 2.38 bits per heavy atom. The summed E-state index contributed by atoms with van der Waals surface area (Å²) >= 11 is 0. The van der Waals surface area contributed by atoms with Crippen molar-refractivity contribution in [1.82, 2.24) is 10.2 Å². The minimum absolute atomic E-state index is 0.108. The molecule has 0 bridgehead atoms. The first-order chi connectivity index (χ1) is 7.55. The molecule has 0 aromatic carbocycles. The molecule has 4 heteroatoms. The largest absolute Gasteiger partial charge is 0.394 e. The number of aliphatic hydroxyl groups is 1. The van der Waals surface area contributed by atoms with Gasteiger partial charge in [-0.1, -0.05) is 0 Å². The maximum Gasteiger partial charge on any atom is 0.223 e. The summed E-state index contributed by atoms with van der Waals surface area (Å²) in [4.78, 5) is 13.8. The van der Waals surface area contributed by atoms with Crippen molar-refractivity contribution in [3.8, 4) is 0 Å². The van der Waals surface area contributed by atoms with E-state index >= 15 is 0 Å². The van der Waals surface area contributed by atoms with E-state index in [1.54, 1.807) is 0 Å². The lowest BCUT2D eigenvalue weighted by atomic mass is 9.76. The van der Waals surface area contributed by atoms with Gasteiger partial charge in [0.15, 0.2) is 0 Å². The fraction of sp³-hybridized carbons (Fsp3) is 0.917. The monoisotopic (exact) mass is 228 g/mol. The molecule has 0 radical (unpaired) electrons. The number of hydrogen-bond donors (Lipinski definition) is 2. The Hall–Kier alpha value is -0.610. The minimum Gasteiger partial charge on any atom is -0.394 e. The lowest BCUT2D eigenvalue weighted by molar-refractivity contribution is -0.127. The van der Waals surface area contributed by atoms with E-state index in [9.17, 15) is 9.90 Å². The summed E-state index contributed by atoms with van der Waals surface area (Å²) in [5.74, 6) is 0.312. The van der Waals surface area contributed by atoms with Crippen LogP contribution in [0, 0.1) is 5.92 Å². The molecule has 1 amide bonds. The van der Waals surface area contributed by atoms with Crippen LogP contribution in [0.5, 0.6) is 0 Å². The number of aliphatic hydroxyl groups excluding tert-OH is 1. The van der Waals surface area contributed by atoms with Crippen LogP contribution in [0.3, 0.4) is 0 Å². The molecule has 1 saturated carbocycles. The molecule has 0 aliphatic heterocycles. The third-order valence-corrected chi connectivity index (χ3v) is 3.88. The number of amides is 1. The van der Waals surface area contributed by atoms with Crippen molar-refractivity contribution in [2.24, 2.45) is 5.92 Å². The Kier molecular flexibility index (Phi) is 4.74. The zero-order chi connectivity index (χ0) is 12.2. The second-order valence-electron chi connectivity index (χ2n) is 4.95. The molecule has 0 heterocycles. The highest BCUT2D eigenvalue weighted by Gasteiger charge is 2.38. The van der Waals surface area contributed by atoms with Gasteiger partial charge in [0, 0.05) is 18.0 Å². The molecule has 4 nitrogen and oxygen atoms in total. The van der Waals surface area contributed by atoms with Crippen molar-refractivity contribution in [1.29, 1.82) is 0 Å². The second-order valence-corrected chi connectivity index (χ2v) is 4.95. The minimum atomic E-state index is -0.108. The van der Waals surface area contributed by atoms with Crippen LogP contribution in [0.4, 0.5) is 0 Å². The van der Waals surface area contributed by atoms with E-state index in [2.05, 4.69) is 10.2 Å². The summed E-state index contributed by atoms with van der Waals surface area (Å²) in [6, 6.07) is 0. The van der Waals surface area contributed by atoms with Crippen LogP contribution in [0.2, 0.25) is 0 Å². The van der Waals surface area contributed by atoms with Gasteiger partial charge in [0.2, 0.25) is 5.91 Å². The lowest BCUT2D eigenvalue weighted by Crippen LogP contribution is -2.51. The average Bonchev–Trinajstić information content (AvgIpc) is 2.29. The van der Waals surface area contributed by atoms with Crippen molar-refractivity contribution in [3.63, 3.8) is 0 Å². The molecular weight excluding hydrogens is 204 g/mol. The fourth-order valence-electron chi connectivity index (χ4n) is 2.48. The Balaban J connectivity index is 2.52. The summed E-state index contributed by atoms with van der Waals surface area (Å²) < 4.78 is 0. The van der Waals surface area contributed by atoms with Crippen LogP contribution in [-0.4, -0.2) is 48.7 Å². The van der Waals surface area contributed by atoms with Gasteiger partial charge in [0.25, 0.3) is 0 Å². The van der Waals surface area contributed by atoms with E-state index in [0.717, 1.165) is 25.7 Å². The number of hydrogen-bond acceptors (Lipinski definition) is 3. The fourth-order valence-corrected chi connectivity index (χ4v) is 2.48. The zero-order valence-electron chi connectivity index (χ0n) is 10.6. The van der Waals surface area contributed by atoms with E-state index in [0.29, 0.717) is 6.54 Å². The Morgan fingerprint density at radius 1 is 1.44 bits per heavy atom. The van der Waals surface area contributed by atoms with Gasteiger partial charge in [-0.2, -0.15) is 0 Å².